The number of halogens is 1. The number of ether oxygens (including phenoxy) is 2. The number of carbonyl (C=O) groups is 1. The molecule has 4 rings (SSSR count). The summed E-state index contributed by atoms with van der Waals surface area (Å²) in [6, 6.07) is 12.1. The first-order valence-electron chi connectivity index (χ1n) is 10.2. The molecule has 0 radical (unpaired) electrons. The van der Waals surface area contributed by atoms with Crippen molar-refractivity contribution < 1.29 is 22.7 Å². The van der Waals surface area contributed by atoms with E-state index < -0.39 is 10.0 Å². The number of fused-ring (bicyclic) bond motifs is 1. The third-order valence-corrected chi connectivity index (χ3v) is 7.71. The minimum absolute atomic E-state index is 0.0763. The van der Waals surface area contributed by atoms with Crippen LogP contribution in [0.5, 0.6) is 5.75 Å². The highest BCUT2D eigenvalue weighted by molar-refractivity contribution is 7.89. The Hall–Kier alpha value is -2.13. The van der Waals surface area contributed by atoms with Crippen LogP contribution in [0.1, 0.15) is 29.8 Å². The normalized spacial score (nSPS) is 23.8. The Morgan fingerprint density at radius 3 is 2.58 bits per heavy atom. The van der Waals surface area contributed by atoms with Gasteiger partial charge in [-0.15, -0.1) is 0 Å². The molecule has 7 nitrogen and oxygen atoms in total. The van der Waals surface area contributed by atoms with Crippen LogP contribution in [-0.2, 0) is 21.2 Å². The summed E-state index contributed by atoms with van der Waals surface area (Å²) < 4.78 is 39.2. The maximum atomic E-state index is 13.2. The van der Waals surface area contributed by atoms with Gasteiger partial charge in [0, 0.05) is 25.1 Å². The van der Waals surface area contributed by atoms with Crippen LogP contribution in [0, 0.1) is 0 Å². The summed E-state index contributed by atoms with van der Waals surface area (Å²) in [5.74, 6) is 0.451. The Labute approximate surface area is 187 Å². The second kappa shape index (κ2) is 8.78. The van der Waals surface area contributed by atoms with E-state index in [4.69, 9.17) is 21.1 Å². The molecule has 0 spiro atoms. The Morgan fingerprint density at radius 2 is 1.87 bits per heavy atom. The second-order valence-corrected chi connectivity index (χ2v) is 10.3. The van der Waals surface area contributed by atoms with E-state index in [0.717, 1.165) is 11.3 Å². The zero-order valence-corrected chi connectivity index (χ0v) is 18.9. The van der Waals surface area contributed by atoms with Crippen molar-refractivity contribution >= 4 is 27.5 Å². The molecule has 3 atom stereocenters. The predicted molar refractivity (Wildman–Crippen MR) is 117 cm³/mol. The van der Waals surface area contributed by atoms with Crippen LogP contribution in [0.4, 0.5) is 0 Å². The molecule has 9 heteroatoms. The number of morpholine rings is 1. The fraction of sp³-hybridized carbons (Fsp3) is 0.409. The van der Waals surface area contributed by atoms with Crippen LogP contribution >= 0.6 is 11.6 Å². The van der Waals surface area contributed by atoms with E-state index in [1.807, 2.05) is 38.1 Å². The van der Waals surface area contributed by atoms with Gasteiger partial charge in [0.2, 0.25) is 10.0 Å². The van der Waals surface area contributed by atoms with Gasteiger partial charge in [-0.1, -0.05) is 29.8 Å². The molecule has 1 fully saturated rings. The van der Waals surface area contributed by atoms with E-state index >= 15 is 0 Å². The zero-order chi connectivity index (χ0) is 22.2. The number of para-hydroxylation sites is 1. The van der Waals surface area contributed by atoms with E-state index in [0.29, 0.717) is 13.0 Å². The molecule has 2 aliphatic heterocycles. The van der Waals surface area contributed by atoms with E-state index in [2.05, 4.69) is 5.32 Å². The van der Waals surface area contributed by atoms with Gasteiger partial charge in [0.05, 0.1) is 23.8 Å². The molecule has 0 aromatic heterocycles. The van der Waals surface area contributed by atoms with Gasteiger partial charge in [0.15, 0.2) is 0 Å². The molecular formula is C22H25ClN2O5S. The quantitative estimate of drug-likeness (QED) is 0.735. The van der Waals surface area contributed by atoms with Crippen molar-refractivity contribution in [2.75, 3.05) is 19.6 Å². The minimum Gasteiger partial charge on any atom is -0.488 e. The standard InChI is InChI=1S/C22H25ClN2O5S/c1-14-12-25(13-15(2)29-14)31(27,28)21-10-17(7-8-19(21)23)22(26)24-11-18-9-16-5-3-4-6-20(16)30-18/h3-8,10,14-15,18H,9,11-13H2,1-2H3,(H,24,26). The van der Waals surface area contributed by atoms with Gasteiger partial charge in [0.25, 0.3) is 5.91 Å². The van der Waals surface area contributed by atoms with Crippen molar-refractivity contribution in [1.29, 1.82) is 0 Å². The van der Waals surface area contributed by atoms with Crippen molar-refractivity contribution in [3.05, 3.63) is 58.6 Å². The number of nitrogens with one attached hydrogen (secondary N) is 1. The van der Waals surface area contributed by atoms with Crippen LogP contribution in [0.25, 0.3) is 0 Å². The summed E-state index contributed by atoms with van der Waals surface area (Å²) in [5.41, 5.74) is 1.34. The lowest BCUT2D eigenvalue weighted by atomic mass is 10.1. The summed E-state index contributed by atoms with van der Waals surface area (Å²) in [6.07, 6.45) is 0.108. The number of benzene rings is 2. The Kier molecular flexibility index (Phi) is 6.25. The van der Waals surface area contributed by atoms with Crippen LogP contribution in [0.2, 0.25) is 5.02 Å². The van der Waals surface area contributed by atoms with E-state index in [1.165, 1.54) is 22.5 Å². The van der Waals surface area contributed by atoms with E-state index in [9.17, 15) is 13.2 Å². The SMILES string of the molecule is CC1CN(S(=O)(=O)c2cc(C(=O)NCC3Cc4ccccc4O3)ccc2Cl)CC(C)O1. The average Bonchev–Trinajstić information content (AvgIpc) is 3.14. The van der Waals surface area contributed by atoms with Crippen molar-refractivity contribution in [2.45, 2.75) is 43.5 Å². The van der Waals surface area contributed by atoms with Crippen LogP contribution in [0.3, 0.4) is 0 Å². The number of hydrogen-bond acceptors (Lipinski definition) is 5. The number of rotatable bonds is 5. The topological polar surface area (TPSA) is 84.9 Å². The molecule has 166 valence electrons. The molecule has 1 amide bonds. The van der Waals surface area contributed by atoms with Crippen molar-refractivity contribution in [3.63, 3.8) is 0 Å². The second-order valence-electron chi connectivity index (χ2n) is 7.99. The van der Waals surface area contributed by atoms with Crippen molar-refractivity contribution in [2.24, 2.45) is 0 Å². The van der Waals surface area contributed by atoms with Gasteiger partial charge in [-0.05, 0) is 43.7 Å². The fourth-order valence-corrected chi connectivity index (χ4v) is 6.08. The number of amides is 1. The fourth-order valence-electron chi connectivity index (χ4n) is 3.98. The molecule has 0 aliphatic carbocycles. The Balaban J connectivity index is 1.46. The van der Waals surface area contributed by atoms with Crippen LogP contribution in [0.15, 0.2) is 47.4 Å². The highest BCUT2D eigenvalue weighted by atomic mass is 35.5. The predicted octanol–water partition coefficient (Wildman–Crippen LogP) is 2.87. The molecule has 2 heterocycles. The highest BCUT2D eigenvalue weighted by Gasteiger charge is 2.34. The lowest BCUT2D eigenvalue weighted by molar-refractivity contribution is -0.0440. The molecule has 1 saturated heterocycles. The van der Waals surface area contributed by atoms with Crippen molar-refractivity contribution in [1.82, 2.24) is 9.62 Å². The van der Waals surface area contributed by atoms with Crippen LogP contribution < -0.4 is 10.1 Å². The average molecular weight is 465 g/mol. The lowest BCUT2D eigenvalue weighted by Gasteiger charge is -2.34. The summed E-state index contributed by atoms with van der Waals surface area (Å²) in [6.45, 7) is 4.44. The summed E-state index contributed by atoms with van der Waals surface area (Å²) >= 11 is 6.22. The monoisotopic (exact) mass is 464 g/mol. The van der Waals surface area contributed by atoms with E-state index in [-0.39, 0.29) is 52.8 Å². The number of hydrogen-bond donors (Lipinski definition) is 1. The Bertz CT molecular complexity index is 1060. The smallest absolute Gasteiger partial charge is 0.251 e. The van der Waals surface area contributed by atoms with Gasteiger partial charge >= 0.3 is 0 Å². The van der Waals surface area contributed by atoms with Gasteiger partial charge in [-0.25, -0.2) is 8.42 Å². The maximum absolute atomic E-state index is 13.2. The summed E-state index contributed by atoms with van der Waals surface area (Å²) in [4.78, 5) is 12.6. The Morgan fingerprint density at radius 1 is 1.16 bits per heavy atom. The van der Waals surface area contributed by atoms with Crippen molar-refractivity contribution in [3.8, 4) is 5.75 Å². The van der Waals surface area contributed by atoms with Crippen LogP contribution in [-0.4, -0.2) is 56.6 Å². The molecular weight excluding hydrogens is 440 g/mol. The molecule has 2 aliphatic rings. The molecule has 0 saturated carbocycles. The highest BCUT2D eigenvalue weighted by Crippen LogP contribution is 2.29. The molecule has 2 aromatic rings. The summed E-state index contributed by atoms with van der Waals surface area (Å²) in [5, 5.41) is 2.91. The zero-order valence-electron chi connectivity index (χ0n) is 17.4. The molecule has 2 aromatic carbocycles. The molecule has 0 bridgehead atoms. The first-order chi connectivity index (χ1) is 14.7. The van der Waals surface area contributed by atoms with E-state index in [1.54, 1.807) is 0 Å². The third kappa shape index (κ3) is 4.72. The molecule has 31 heavy (non-hydrogen) atoms. The minimum atomic E-state index is -3.86. The first kappa shape index (κ1) is 22.1. The number of carbonyl (C=O) groups excluding carboxylic acids is 1. The summed E-state index contributed by atoms with van der Waals surface area (Å²) in [7, 11) is -3.86. The molecule has 3 unspecified atom stereocenters. The van der Waals surface area contributed by atoms with Gasteiger partial charge in [-0.2, -0.15) is 4.31 Å². The van der Waals surface area contributed by atoms with Gasteiger partial charge < -0.3 is 14.8 Å². The number of nitrogens with zero attached hydrogens (tertiary/aromatic N) is 1. The first-order valence-corrected chi connectivity index (χ1v) is 12.0. The number of sulfonamides is 1. The third-order valence-electron chi connectivity index (χ3n) is 5.40. The van der Waals surface area contributed by atoms with Gasteiger partial charge in [-0.3, -0.25) is 4.79 Å². The van der Waals surface area contributed by atoms with Gasteiger partial charge in [0.1, 0.15) is 16.7 Å². The largest absolute Gasteiger partial charge is 0.488 e. The molecule has 1 N–H and O–H groups in total. The lowest BCUT2D eigenvalue weighted by Crippen LogP contribution is -2.48. The maximum Gasteiger partial charge on any atom is 0.251 e.